The van der Waals surface area contributed by atoms with Crippen LogP contribution in [0.3, 0.4) is 0 Å². The van der Waals surface area contributed by atoms with Crippen molar-refractivity contribution in [2.75, 3.05) is 6.54 Å². The third kappa shape index (κ3) is 4.15. The predicted molar refractivity (Wildman–Crippen MR) is 59.0 cm³/mol. The molecule has 1 saturated carbocycles. The van der Waals surface area contributed by atoms with Gasteiger partial charge in [-0.15, -0.1) is 0 Å². The van der Waals surface area contributed by atoms with Crippen LogP contribution in [0, 0.1) is 5.92 Å². The van der Waals surface area contributed by atoms with Gasteiger partial charge in [0.05, 0.1) is 0 Å². The Labute approximate surface area is 86.5 Å². The Morgan fingerprint density at radius 2 is 2.08 bits per heavy atom. The van der Waals surface area contributed by atoms with Gasteiger partial charge < -0.3 is 5.32 Å². The van der Waals surface area contributed by atoms with Crippen LogP contribution in [0.4, 0.5) is 0 Å². The van der Waals surface area contributed by atoms with Crippen LogP contribution in [0.2, 0.25) is 0 Å². The molecule has 1 N–H and O–H groups in total. The lowest BCUT2D eigenvalue weighted by Crippen LogP contribution is -2.34. The average Bonchev–Trinajstić information content (AvgIpc) is 2.19. The molecule has 1 nitrogen and oxygen atoms in total. The lowest BCUT2D eigenvalue weighted by Gasteiger charge is -2.28. The molecule has 0 bridgehead atoms. The smallest absolute Gasteiger partial charge is 0.0149 e. The van der Waals surface area contributed by atoms with Crippen molar-refractivity contribution in [2.45, 2.75) is 45.1 Å². The molecule has 0 aromatic carbocycles. The first-order valence-corrected chi connectivity index (χ1v) is 5.77. The van der Waals surface area contributed by atoms with E-state index >= 15 is 0 Å². The van der Waals surface area contributed by atoms with Gasteiger partial charge >= 0.3 is 0 Å². The van der Waals surface area contributed by atoms with Crippen molar-refractivity contribution in [3.8, 4) is 0 Å². The highest BCUT2D eigenvalue weighted by Crippen LogP contribution is 2.26. The molecule has 0 aromatic rings. The van der Waals surface area contributed by atoms with Crippen molar-refractivity contribution in [3.05, 3.63) is 11.6 Å². The Kier molecular flexibility index (Phi) is 5.49. The summed E-state index contributed by atoms with van der Waals surface area (Å²) >= 11 is 5.45. The summed E-state index contributed by atoms with van der Waals surface area (Å²) in [5.41, 5.74) is 1.58. The largest absolute Gasteiger partial charge is 0.310 e. The molecule has 0 amide bonds. The number of hydrogen-bond donors (Lipinski definition) is 1. The number of rotatable bonds is 4. The van der Waals surface area contributed by atoms with Gasteiger partial charge in [-0.1, -0.05) is 36.9 Å². The molecule has 1 aliphatic carbocycles. The summed E-state index contributed by atoms with van der Waals surface area (Å²) < 4.78 is 0. The van der Waals surface area contributed by atoms with Gasteiger partial charge in [-0.25, -0.2) is 0 Å². The number of hydrogen-bond acceptors (Lipinski definition) is 1. The van der Waals surface area contributed by atoms with Crippen molar-refractivity contribution in [1.82, 2.24) is 5.32 Å². The zero-order chi connectivity index (χ0) is 9.52. The molecule has 0 radical (unpaired) electrons. The van der Waals surface area contributed by atoms with Gasteiger partial charge in [-0.05, 0) is 25.7 Å². The van der Waals surface area contributed by atoms with Gasteiger partial charge in [-0.3, -0.25) is 0 Å². The molecule has 13 heavy (non-hydrogen) atoms. The summed E-state index contributed by atoms with van der Waals surface area (Å²) in [4.78, 5) is 0. The first-order valence-electron chi connectivity index (χ1n) is 5.33. The van der Waals surface area contributed by atoms with E-state index in [9.17, 15) is 0 Å². The van der Waals surface area contributed by atoms with E-state index in [2.05, 4.69) is 12.2 Å². The molecular formula is C11H20ClN. The van der Waals surface area contributed by atoms with Gasteiger partial charge in [-0.2, -0.15) is 0 Å². The van der Waals surface area contributed by atoms with Crippen molar-refractivity contribution in [3.63, 3.8) is 0 Å². The van der Waals surface area contributed by atoms with E-state index in [0.29, 0.717) is 6.04 Å². The first kappa shape index (κ1) is 11.1. The summed E-state index contributed by atoms with van der Waals surface area (Å²) in [5, 5.41) is 3.48. The van der Waals surface area contributed by atoms with Gasteiger partial charge in [0.1, 0.15) is 0 Å². The summed E-state index contributed by atoms with van der Waals surface area (Å²) in [6, 6.07) is 0.646. The maximum Gasteiger partial charge on any atom is 0.0149 e. The fraction of sp³-hybridized carbons (Fsp3) is 0.818. The third-order valence-corrected chi connectivity index (χ3v) is 3.18. The molecule has 1 aliphatic rings. The minimum Gasteiger partial charge on any atom is -0.310 e. The molecule has 0 saturated heterocycles. The Hall–Kier alpha value is -0.0100. The van der Waals surface area contributed by atoms with Crippen LogP contribution in [-0.4, -0.2) is 12.6 Å². The Morgan fingerprint density at radius 1 is 1.38 bits per heavy atom. The molecule has 0 aromatic heterocycles. The van der Waals surface area contributed by atoms with Crippen LogP contribution in [0.5, 0.6) is 0 Å². The minimum atomic E-state index is 0.646. The highest BCUT2D eigenvalue weighted by Gasteiger charge is 2.18. The normalized spacial score (nSPS) is 22.3. The van der Waals surface area contributed by atoms with Crippen molar-refractivity contribution < 1.29 is 0 Å². The van der Waals surface area contributed by atoms with E-state index in [1.807, 2.05) is 6.08 Å². The summed E-state index contributed by atoms with van der Waals surface area (Å²) in [6.45, 7) is 3.19. The van der Waals surface area contributed by atoms with E-state index in [1.165, 1.54) is 32.1 Å². The SMILES string of the molecule is C[C@@H](NC/C=C/Cl)C1CCCCC1. The highest BCUT2D eigenvalue weighted by atomic mass is 35.5. The predicted octanol–water partition coefficient (Wildman–Crippen LogP) is 3.30. The topological polar surface area (TPSA) is 12.0 Å². The van der Waals surface area contributed by atoms with Crippen LogP contribution in [-0.2, 0) is 0 Å². The lowest BCUT2D eigenvalue weighted by atomic mass is 9.84. The quantitative estimate of drug-likeness (QED) is 0.736. The zero-order valence-electron chi connectivity index (χ0n) is 8.43. The Morgan fingerprint density at radius 3 is 2.69 bits per heavy atom. The molecule has 0 aliphatic heterocycles. The monoisotopic (exact) mass is 201 g/mol. The van der Waals surface area contributed by atoms with Crippen LogP contribution in [0.15, 0.2) is 11.6 Å². The molecule has 0 unspecified atom stereocenters. The average molecular weight is 202 g/mol. The fourth-order valence-electron chi connectivity index (χ4n) is 2.10. The van der Waals surface area contributed by atoms with Crippen LogP contribution in [0.25, 0.3) is 0 Å². The fourth-order valence-corrected chi connectivity index (χ4v) is 2.19. The van der Waals surface area contributed by atoms with Gasteiger partial charge in [0.2, 0.25) is 0 Å². The Bertz CT molecular complexity index is 150. The maximum absolute atomic E-state index is 5.45. The maximum atomic E-state index is 5.45. The van der Waals surface area contributed by atoms with Gasteiger partial charge in [0, 0.05) is 18.1 Å². The minimum absolute atomic E-state index is 0.646. The van der Waals surface area contributed by atoms with E-state index in [0.717, 1.165) is 12.5 Å². The second-order valence-electron chi connectivity index (χ2n) is 3.96. The van der Waals surface area contributed by atoms with E-state index < -0.39 is 0 Å². The lowest BCUT2D eigenvalue weighted by molar-refractivity contribution is 0.287. The second kappa shape index (κ2) is 6.44. The molecule has 1 atom stereocenters. The second-order valence-corrected chi connectivity index (χ2v) is 4.21. The Balaban J connectivity index is 2.16. The van der Waals surface area contributed by atoms with Crippen LogP contribution >= 0.6 is 11.6 Å². The number of halogens is 1. The molecular weight excluding hydrogens is 182 g/mol. The number of nitrogens with one attached hydrogen (secondary N) is 1. The summed E-state index contributed by atoms with van der Waals surface area (Å²) in [6.07, 6.45) is 9.03. The van der Waals surface area contributed by atoms with Crippen molar-refractivity contribution in [2.24, 2.45) is 5.92 Å². The molecule has 0 spiro atoms. The molecule has 1 fully saturated rings. The first-order chi connectivity index (χ1) is 6.34. The molecule has 1 rings (SSSR count). The molecule has 76 valence electrons. The van der Waals surface area contributed by atoms with Gasteiger partial charge in [0.15, 0.2) is 0 Å². The molecule has 0 heterocycles. The third-order valence-electron chi connectivity index (χ3n) is 3.00. The van der Waals surface area contributed by atoms with Crippen molar-refractivity contribution >= 4 is 11.6 Å². The standard InChI is InChI=1S/C11H20ClN/c1-10(13-9-5-8-12)11-6-3-2-4-7-11/h5,8,10-11,13H,2-4,6-7,9H2,1H3/b8-5+/t10-/m1/s1. The summed E-state index contributed by atoms with van der Waals surface area (Å²) in [7, 11) is 0. The van der Waals surface area contributed by atoms with E-state index in [1.54, 1.807) is 5.54 Å². The van der Waals surface area contributed by atoms with Crippen LogP contribution < -0.4 is 5.32 Å². The van der Waals surface area contributed by atoms with E-state index in [4.69, 9.17) is 11.6 Å². The highest BCUT2D eigenvalue weighted by molar-refractivity contribution is 6.25. The van der Waals surface area contributed by atoms with Crippen LogP contribution in [0.1, 0.15) is 39.0 Å². The summed E-state index contributed by atoms with van der Waals surface area (Å²) in [5.74, 6) is 0.887. The zero-order valence-corrected chi connectivity index (χ0v) is 9.19. The van der Waals surface area contributed by atoms with Gasteiger partial charge in [0.25, 0.3) is 0 Å². The molecule has 2 heteroatoms. The van der Waals surface area contributed by atoms with E-state index in [-0.39, 0.29) is 0 Å². The van der Waals surface area contributed by atoms with Crippen molar-refractivity contribution in [1.29, 1.82) is 0 Å².